The molecule has 0 spiro atoms. The predicted octanol–water partition coefficient (Wildman–Crippen LogP) is 3.65. The second-order valence-electron chi connectivity index (χ2n) is 4.56. The van der Waals surface area contributed by atoms with Gasteiger partial charge < -0.3 is 5.11 Å². The summed E-state index contributed by atoms with van der Waals surface area (Å²) in [4.78, 5) is 10.8. The van der Waals surface area contributed by atoms with E-state index in [0.29, 0.717) is 10.0 Å². The van der Waals surface area contributed by atoms with Crippen LogP contribution in [0.15, 0.2) is 16.6 Å². The molecule has 88 valence electrons. The molecule has 0 amide bonds. The Morgan fingerprint density at radius 2 is 2.06 bits per heavy atom. The minimum atomic E-state index is -0.890. The Morgan fingerprint density at radius 1 is 1.50 bits per heavy atom. The molecule has 0 heterocycles. The summed E-state index contributed by atoms with van der Waals surface area (Å²) in [6.45, 7) is 5.37. The Bertz CT molecular complexity index is 427. The Labute approximate surface area is 103 Å². The van der Waals surface area contributed by atoms with Gasteiger partial charge in [0.1, 0.15) is 5.82 Å². The van der Waals surface area contributed by atoms with E-state index < -0.39 is 11.4 Å². The van der Waals surface area contributed by atoms with Gasteiger partial charge in [-0.25, -0.2) is 4.39 Å². The van der Waals surface area contributed by atoms with Crippen LogP contribution in [0.1, 0.15) is 31.4 Å². The number of benzene rings is 1. The van der Waals surface area contributed by atoms with E-state index in [0.717, 1.165) is 5.56 Å². The fraction of sp³-hybridized carbons (Fsp3) is 0.417. The minimum Gasteiger partial charge on any atom is -0.481 e. The van der Waals surface area contributed by atoms with Crippen molar-refractivity contribution in [3.05, 3.63) is 33.5 Å². The summed E-state index contributed by atoms with van der Waals surface area (Å²) in [6, 6.07) is 3.24. The van der Waals surface area contributed by atoms with Crippen LogP contribution in [0.4, 0.5) is 4.39 Å². The molecule has 0 saturated carbocycles. The summed E-state index contributed by atoms with van der Waals surface area (Å²) in [5, 5.41) is 8.83. The van der Waals surface area contributed by atoms with Crippen LogP contribution in [0.5, 0.6) is 0 Å². The molecule has 16 heavy (non-hydrogen) atoms. The number of carboxylic acid groups (broad SMARTS) is 1. The lowest BCUT2D eigenvalue weighted by Gasteiger charge is -2.25. The van der Waals surface area contributed by atoms with Gasteiger partial charge in [-0.3, -0.25) is 4.79 Å². The van der Waals surface area contributed by atoms with Crippen LogP contribution in [-0.4, -0.2) is 11.1 Å². The van der Waals surface area contributed by atoms with Gasteiger partial charge in [-0.05, 0) is 40.0 Å². The fourth-order valence-corrected chi connectivity index (χ4v) is 2.46. The first kappa shape index (κ1) is 13.2. The van der Waals surface area contributed by atoms with Gasteiger partial charge in [0, 0.05) is 5.41 Å². The van der Waals surface area contributed by atoms with Gasteiger partial charge >= 0.3 is 5.97 Å². The molecular formula is C12H14BrFO2. The van der Waals surface area contributed by atoms with E-state index in [1.807, 2.05) is 6.07 Å². The highest BCUT2D eigenvalue weighted by molar-refractivity contribution is 9.10. The highest BCUT2D eigenvalue weighted by atomic mass is 79.9. The van der Waals surface area contributed by atoms with Gasteiger partial charge in [-0.1, -0.05) is 19.9 Å². The van der Waals surface area contributed by atoms with E-state index in [-0.39, 0.29) is 12.2 Å². The molecule has 0 radical (unpaired) electrons. The zero-order valence-corrected chi connectivity index (χ0v) is 11.1. The maximum Gasteiger partial charge on any atom is 0.304 e. The number of carbonyl (C=O) groups is 1. The molecule has 1 aromatic carbocycles. The molecule has 0 fully saturated rings. The van der Waals surface area contributed by atoms with Crippen LogP contribution in [0.3, 0.4) is 0 Å². The molecule has 0 aromatic heterocycles. The van der Waals surface area contributed by atoms with E-state index in [1.54, 1.807) is 20.8 Å². The maximum atomic E-state index is 13.5. The monoisotopic (exact) mass is 288 g/mol. The molecule has 0 atom stereocenters. The molecule has 1 aromatic rings. The number of hydrogen-bond acceptors (Lipinski definition) is 1. The molecule has 0 bridgehead atoms. The van der Waals surface area contributed by atoms with Gasteiger partial charge in [0.05, 0.1) is 10.9 Å². The number of carboxylic acids is 1. The lowest BCUT2D eigenvalue weighted by Crippen LogP contribution is -2.22. The van der Waals surface area contributed by atoms with Gasteiger partial charge in [-0.15, -0.1) is 0 Å². The molecule has 0 aliphatic carbocycles. The molecule has 0 aliphatic rings. The molecule has 0 saturated heterocycles. The van der Waals surface area contributed by atoms with Gasteiger partial charge in [-0.2, -0.15) is 0 Å². The van der Waals surface area contributed by atoms with Crippen LogP contribution in [0.2, 0.25) is 0 Å². The summed E-state index contributed by atoms with van der Waals surface area (Å²) < 4.78 is 13.9. The van der Waals surface area contributed by atoms with Crippen LogP contribution >= 0.6 is 15.9 Å². The van der Waals surface area contributed by atoms with Crippen molar-refractivity contribution in [1.82, 2.24) is 0 Å². The minimum absolute atomic E-state index is 0.0332. The Hall–Kier alpha value is -0.900. The van der Waals surface area contributed by atoms with Crippen LogP contribution in [0, 0.1) is 12.7 Å². The summed E-state index contributed by atoms with van der Waals surface area (Å²) in [6.07, 6.45) is -0.0332. The van der Waals surface area contributed by atoms with Gasteiger partial charge in [0.15, 0.2) is 0 Å². The Kier molecular flexibility index (Phi) is 3.73. The van der Waals surface area contributed by atoms with Crippen molar-refractivity contribution in [2.75, 3.05) is 0 Å². The van der Waals surface area contributed by atoms with Crippen molar-refractivity contribution in [3.8, 4) is 0 Å². The van der Waals surface area contributed by atoms with Crippen LogP contribution in [0.25, 0.3) is 0 Å². The second kappa shape index (κ2) is 4.53. The average Bonchev–Trinajstić information content (AvgIpc) is 2.08. The predicted molar refractivity (Wildman–Crippen MR) is 64.1 cm³/mol. The van der Waals surface area contributed by atoms with Gasteiger partial charge in [0.25, 0.3) is 0 Å². The van der Waals surface area contributed by atoms with Crippen molar-refractivity contribution in [2.24, 2.45) is 0 Å². The lowest BCUT2D eigenvalue weighted by molar-refractivity contribution is -0.138. The summed E-state index contributed by atoms with van der Waals surface area (Å²) in [5.74, 6) is -1.24. The van der Waals surface area contributed by atoms with E-state index in [2.05, 4.69) is 15.9 Å². The van der Waals surface area contributed by atoms with Gasteiger partial charge in [0.2, 0.25) is 0 Å². The third-order valence-corrected chi connectivity index (χ3v) is 3.30. The first-order valence-electron chi connectivity index (χ1n) is 4.92. The number of aliphatic carboxylic acids is 1. The van der Waals surface area contributed by atoms with E-state index >= 15 is 0 Å². The van der Waals surface area contributed by atoms with Crippen molar-refractivity contribution in [2.45, 2.75) is 32.6 Å². The molecule has 0 unspecified atom stereocenters. The van der Waals surface area contributed by atoms with Crippen LogP contribution in [-0.2, 0) is 10.2 Å². The quantitative estimate of drug-likeness (QED) is 0.922. The number of aryl methyl sites for hydroxylation is 1. The molecule has 1 rings (SSSR count). The lowest BCUT2D eigenvalue weighted by atomic mass is 9.81. The second-order valence-corrected chi connectivity index (χ2v) is 5.36. The summed E-state index contributed by atoms with van der Waals surface area (Å²) in [7, 11) is 0. The summed E-state index contributed by atoms with van der Waals surface area (Å²) in [5.41, 5.74) is 0.874. The van der Waals surface area contributed by atoms with E-state index in [4.69, 9.17) is 5.11 Å². The number of rotatable bonds is 3. The highest BCUT2D eigenvalue weighted by Crippen LogP contribution is 2.35. The van der Waals surface area contributed by atoms with E-state index in [9.17, 15) is 9.18 Å². The number of hydrogen-bond donors (Lipinski definition) is 1. The zero-order valence-electron chi connectivity index (χ0n) is 9.47. The first-order chi connectivity index (χ1) is 7.24. The smallest absolute Gasteiger partial charge is 0.304 e. The fourth-order valence-electron chi connectivity index (χ4n) is 1.69. The van der Waals surface area contributed by atoms with Crippen LogP contribution < -0.4 is 0 Å². The third kappa shape index (κ3) is 2.82. The number of halogens is 2. The SMILES string of the molecule is Cc1cc(F)c(Br)c(C(C)(C)CC(=O)O)c1. The Morgan fingerprint density at radius 3 is 2.56 bits per heavy atom. The molecule has 1 N–H and O–H groups in total. The Balaban J connectivity index is 3.26. The van der Waals surface area contributed by atoms with Crippen molar-refractivity contribution in [1.29, 1.82) is 0 Å². The largest absolute Gasteiger partial charge is 0.481 e. The molecule has 0 aliphatic heterocycles. The highest BCUT2D eigenvalue weighted by Gasteiger charge is 2.27. The molecular weight excluding hydrogens is 275 g/mol. The third-order valence-electron chi connectivity index (χ3n) is 2.49. The van der Waals surface area contributed by atoms with Crippen molar-refractivity contribution >= 4 is 21.9 Å². The maximum absolute atomic E-state index is 13.5. The van der Waals surface area contributed by atoms with Crippen molar-refractivity contribution in [3.63, 3.8) is 0 Å². The standard InChI is InChI=1S/C12H14BrFO2/c1-7-4-8(11(13)9(14)5-7)12(2,3)6-10(15)16/h4-5H,6H2,1-3H3,(H,15,16). The molecule has 4 heteroatoms. The molecule has 2 nitrogen and oxygen atoms in total. The van der Waals surface area contributed by atoms with E-state index in [1.165, 1.54) is 6.07 Å². The summed E-state index contributed by atoms with van der Waals surface area (Å²) >= 11 is 3.17. The zero-order chi connectivity index (χ0) is 12.5. The topological polar surface area (TPSA) is 37.3 Å². The first-order valence-corrected chi connectivity index (χ1v) is 5.71. The van der Waals surface area contributed by atoms with Crippen molar-refractivity contribution < 1.29 is 14.3 Å². The average molecular weight is 289 g/mol. The normalized spacial score (nSPS) is 11.6.